The van der Waals surface area contributed by atoms with Crippen LogP contribution < -0.4 is 0 Å². The minimum absolute atomic E-state index is 0.0248. The van der Waals surface area contributed by atoms with Gasteiger partial charge in [0.25, 0.3) is 0 Å². The molecular weight excluding hydrogens is 226 g/mol. The molecule has 3 nitrogen and oxygen atoms in total. The van der Waals surface area contributed by atoms with Gasteiger partial charge in [0.1, 0.15) is 0 Å². The third kappa shape index (κ3) is 2.40. The summed E-state index contributed by atoms with van der Waals surface area (Å²) < 4.78 is 0. The summed E-state index contributed by atoms with van der Waals surface area (Å²) in [5.74, 6) is 0.0248. The first-order valence-corrected chi connectivity index (χ1v) is 5.83. The van der Waals surface area contributed by atoms with E-state index in [2.05, 4.69) is 4.98 Å². The molecule has 0 bridgehead atoms. The number of aldehydes is 1. The lowest BCUT2D eigenvalue weighted by Crippen LogP contribution is -2.05. The third-order valence-corrected chi connectivity index (χ3v) is 3.14. The highest BCUT2D eigenvalue weighted by Crippen LogP contribution is 2.16. The molecule has 1 heterocycles. The summed E-state index contributed by atoms with van der Waals surface area (Å²) in [6, 6.07) is 7.58. The summed E-state index contributed by atoms with van der Waals surface area (Å²) in [5.41, 5.74) is 4.29. The van der Waals surface area contributed by atoms with Gasteiger partial charge in [0.05, 0.1) is 5.69 Å². The molecule has 1 aromatic carbocycles. The smallest absolute Gasteiger partial charge is 0.168 e. The number of aromatic nitrogens is 1. The van der Waals surface area contributed by atoms with Gasteiger partial charge >= 0.3 is 0 Å². The molecule has 0 aliphatic rings. The van der Waals surface area contributed by atoms with E-state index in [4.69, 9.17) is 0 Å². The Kier molecular flexibility index (Phi) is 3.42. The number of aromatic amines is 1. The predicted molar refractivity (Wildman–Crippen MR) is 70.1 cm³/mol. The second-order valence-electron chi connectivity index (χ2n) is 4.43. The quantitative estimate of drug-likeness (QED) is 0.661. The van der Waals surface area contributed by atoms with Crippen molar-refractivity contribution in [2.75, 3.05) is 0 Å². The van der Waals surface area contributed by atoms with Crippen molar-refractivity contribution in [3.05, 3.63) is 58.4 Å². The van der Waals surface area contributed by atoms with Gasteiger partial charge in [-0.15, -0.1) is 0 Å². The number of carbonyl (C=O) groups is 2. The average Bonchev–Trinajstić information content (AvgIpc) is 2.82. The summed E-state index contributed by atoms with van der Waals surface area (Å²) in [7, 11) is 0. The van der Waals surface area contributed by atoms with Crippen LogP contribution in [0, 0.1) is 13.8 Å². The Morgan fingerprint density at radius 2 is 1.94 bits per heavy atom. The Hall–Kier alpha value is -2.16. The van der Waals surface area contributed by atoms with Crippen molar-refractivity contribution in [1.82, 2.24) is 4.98 Å². The molecular formula is C15H15NO2. The largest absolute Gasteiger partial charge is 0.358 e. The fourth-order valence-electron chi connectivity index (χ4n) is 2.03. The molecule has 1 N–H and O–H groups in total. The van der Waals surface area contributed by atoms with Crippen LogP contribution in [0.2, 0.25) is 0 Å². The monoisotopic (exact) mass is 241 g/mol. The first-order chi connectivity index (χ1) is 8.61. The summed E-state index contributed by atoms with van der Waals surface area (Å²) in [5, 5.41) is 0. The average molecular weight is 241 g/mol. The molecule has 1 aromatic heterocycles. The fourth-order valence-corrected chi connectivity index (χ4v) is 2.03. The number of hydrogen-bond acceptors (Lipinski definition) is 2. The van der Waals surface area contributed by atoms with E-state index in [0.29, 0.717) is 24.0 Å². The van der Waals surface area contributed by atoms with Crippen LogP contribution in [-0.4, -0.2) is 17.1 Å². The molecule has 0 aliphatic carbocycles. The zero-order chi connectivity index (χ0) is 13.1. The second-order valence-corrected chi connectivity index (χ2v) is 4.43. The van der Waals surface area contributed by atoms with Crippen molar-refractivity contribution in [3.63, 3.8) is 0 Å². The van der Waals surface area contributed by atoms with Crippen LogP contribution in [0.1, 0.15) is 37.5 Å². The normalized spacial score (nSPS) is 10.3. The topological polar surface area (TPSA) is 49.9 Å². The van der Waals surface area contributed by atoms with Gasteiger partial charge in [0, 0.05) is 18.2 Å². The molecule has 0 fully saturated rings. The summed E-state index contributed by atoms with van der Waals surface area (Å²) in [6.07, 6.45) is 2.66. The van der Waals surface area contributed by atoms with Gasteiger partial charge in [-0.2, -0.15) is 0 Å². The number of aryl methyl sites for hydroxylation is 2. The standard InChI is InChI=1S/C15H15NO2/c1-10-4-3-5-11(2)14(10)7-15(18)12-6-13(9-17)16-8-12/h3-6,8-9,16H,7H2,1-2H3. The molecule has 2 rings (SSSR count). The summed E-state index contributed by atoms with van der Waals surface area (Å²) in [6.45, 7) is 4.01. The van der Waals surface area contributed by atoms with Crippen molar-refractivity contribution in [3.8, 4) is 0 Å². The lowest BCUT2D eigenvalue weighted by atomic mass is 9.96. The Morgan fingerprint density at radius 3 is 2.50 bits per heavy atom. The van der Waals surface area contributed by atoms with Gasteiger partial charge in [-0.3, -0.25) is 9.59 Å². The molecule has 2 aromatic rings. The van der Waals surface area contributed by atoms with E-state index in [1.807, 2.05) is 32.0 Å². The van der Waals surface area contributed by atoms with Crippen molar-refractivity contribution in [2.24, 2.45) is 0 Å². The van der Waals surface area contributed by atoms with Crippen LogP contribution in [0.3, 0.4) is 0 Å². The predicted octanol–water partition coefficient (Wildman–Crippen LogP) is 2.87. The number of carbonyl (C=O) groups excluding carboxylic acids is 2. The SMILES string of the molecule is Cc1cccc(C)c1CC(=O)c1c[nH]c(C=O)c1. The molecule has 0 spiro atoms. The maximum Gasteiger partial charge on any atom is 0.168 e. The fraction of sp³-hybridized carbons (Fsp3) is 0.200. The molecule has 3 heteroatoms. The molecule has 0 unspecified atom stereocenters. The summed E-state index contributed by atoms with van der Waals surface area (Å²) >= 11 is 0. The molecule has 0 saturated heterocycles. The molecule has 0 radical (unpaired) electrons. The van der Waals surface area contributed by atoms with E-state index >= 15 is 0 Å². The number of nitrogens with one attached hydrogen (secondary N) is 1. The highest BCUT2D eigenvalue weighted by atomic mass is 16.1. The van der Waals surface area contributed by atoms with Crippen LogP contribution in [0.5, 0.6) is 0 Å². The first kappa shape index (κ1) is 12.3. The van der Waals surface area contributed by atoms with Crippen LogP contribution in [0.15, 0.2) is 30.5 Å². The van der Waals surface area contributed by atoms with Crippen molar-refractivity contribution >= 4 is 12.1 Å². The van der Waals surface area contributed by atoms with Gasteiger partial charge in [0.15, 0.2) is 12.1 Å². The second kappa shape index (κ2) is 5.00. The number of rotatable bonds is 4. The van der Waals surface area contributed by atoms with Gasteiger partial charge in [0.2, 0.25) is 0 Å². The number of H-pyrrole nitrogens is 1. The maximum atomic E-state index is 12.1. The highest BCUT2D eigenvalue weighted by Gasteiger charge is 2.12. The van der Waals surface area contributed by atoms with Crippen molar-refractivity contribution in [2.45, 2.75) is 20.3 Å². The molecule has 0 saturated carbocycles. The first-order valence-electron chi connectivity index (χ1n) is 5.83. The van der Waals surface area contributed by atoms with E-state index in [1.165, 1.54) is 0 Å². The van der Waals surface area contributed by atoms with E-state index in [0.717, 1.165) is 16.7 Å². The molecule has 0 aliphatic heterocycles. The number of ketones is 1. The lowest BCUT2D eigenvalue weighted by Gasteiger charge is -2.07. The highest BCUT2D eigenvalue weighted by molar-refractivity contribution is 5.98. The van der Waals surface area contributed by atoms with Crippen molar-refractivity contribution < 1.29 is 9.59 Å². The number of benzene rings is 1. The van der Waals surface area contributed by atoms with E-state index < -0.39 is 0 Å². The zero-order valence-electron chi connectivity index (χ0n) is 10.5. The van der Waals surface area contributed by atoms with Crippen LogP contribution >= 0.6 is 0 Å². The number of hydrogen-bond donors (Lipinski definition) is 1. The minimum Gasteiger partial charge on any atom is -0.358 e. The molecule has 0 atom stereocenters. The van der Waals surface area contributed by atoms with Gasteiger partial charge in [-0.05, 0) is 36.6 Å². The van der Waals surface area contributed by atoms with E-state index in [1.54, 1.807) is 12.3 Å². The molecule has 18 heavy (non-hydrogen) atoms. The van der Waals surface area contributed by atoms with Gasteiger partial charge in [-0.25, -0.2) is 0 Å². The zero-order valence-corrected chi connectivity index (χ0v) is 10.5. The van der Waals surface area contributed by atoms with Gasteiger partial charge < -0.3 is 4.98 Å². The van der Waals surface area contributed by atoms with Crippen LogP contribution in [0.25, 0.3) is 0 Å². The Labute approximate surface area is 106 Å². The maximum absolute atomic E-state index is 12.1. The lowest BCUT2D eigenvalue weighted by molar-refractivity contribution is 0.0992. The molecule has 92 valence electrons. The summed E-state index contributed by atoms with van der Waals surface area (Å²) in [4.78, 5) is 25.4. The van der Waals surface area contributed by atoms with E-state index in [-0.39, 0.29) is 5.78 Å². The Morgan fingerprint density at radius 1 is 1.28 bits per heavy atom. The third-order valence-electron chi connectivity index (χ3n) is 3.14. The minimum atomic E-state index is 0.0248. The van der Waals surface area contributed by atoms with Crippen LogP contribution in [-0.2, 0) is 6.42 Å². The van der Waals surface area contributed by atoms with E-state index in [9.17, 15) is 9.59 Å². The molecule has 0 amide bonds. The van der Waals surface area contributed by atoms with Crippen molar-refractivity contribution in [1.29, 1.82) is 0 Å². The van der Waals surface area contributed by atoms with Crippen LogP contribution in [0.4, 0.5) is 0 Å². The Balaban J connectivity index is 2.23. The van der Waals surface area contributed by atoms with Gasteiger partial charge in [-0.1, -0.05) is 18.2 Å². The number of Topliss-reactive ketones (excluding diaryl/α,β-unsaturated/α-hetero) is 1. The Bertz CT molecular complexity index is 576.